The number of hydrogen-bond donors (Lipinski definition) is 1. The third-order valence-corrected chi connectivity index (χ3v) is 10.9. The predicted molar refractivity (Wildman–Crippen MR) is 192 cm³/mol. The molecule has 4 aromatic rings. The van der Waals surface area contributed by atoms with Crippen LogP contribution in [0.15, 0.2) is 87.2 Å². The number of nitrogens with zero attached hydrogens (tertiary/aromatic N) is 4. The van der Waals surface area contributed by atoms with E-state index in [0.29, 0.717) is 73.8 Å². The van der Waals surface area contributed by atoms with Crippen molar-refractivity contribution in [3.63, 3.8) is 0 Å². The third kappa shape index (κ3) is 7.54. The fourth-order valence-electron chi connectivity index (χ4n) is 6.49. The molecular formula is C38H43N5O7S. The summed E-state index contributed by atoms with van der Waals surface area (Å²) >= 11 is 0. The van der Waals surface area contributed by atoms with E-state index < -0.39 is 21.7 Å². The van der Waals surface area contributed by atoms with Crippen molar-refractivity contribution in [2.45, 2.75) is 77.2 Å². The third-order valence-electron chi connectivity index (χ3n) is 9.50. The van der Waals surface area contributed by atoms with Crippen molar-refractivity contribution in [1.82, 2.24) is 15.0 Å². The van der Waals surface area contributed by atoms with Gasteiger partial charge in [-0.25, -0.2) is 13.2 Å². The van der Waals surface area contributed by atoms with Gasteiger partial charge in [-0.3, -0.25) is 19.4 Å². The number of benzene rings is 3. The van der Waals surface area contributed by atoms with Gasteiger partial charge < -0.3 is 18.9 Å². The number of nitrogens with one attached hydrogen (secondary N) is 1. The number of carbonyl (C=O) groups is 2. The standard InChI is InChI=1S/C38H43N5O7S/c1-5-34-39-38(18-20-42(21-19-38)37(45)49-24-28-12-8-7-9-13-28)36(44)43(34)23-29-16-17-31(30(22-29)25-48-6-2)32-14-10-11-15-33(32)51(46,47)41-35-26(3)27(4)50-40-35/h7-17,22H,5-6,18-21,23-25H2,1-4H3,(H,40,41). The number of piperidine rings is 1. The Morgan fingerprint density at radius 3 is 2.35 bits per heavy atom. The zero-order valence-electron chi connectivity index (χ0n) is 29.3. The van der Waals surface area contributed by atoms with Crippen LogP contribution >= 0.6 is 0 Å². The summed E-state index contributed by atoms with van der Waals surface area (Å²) in [5.74, 6) is 1.30. The highest BCUT2D eigenvalue weighted by atomic mass is 32.2. The molecule has 3 heterocycles. The fraction of sp³-hybridized carbons (Fsp3) is 0.368. The highest BCUT2D eigenvalue weighted by Crippen LogP contribution is 2.37. The van der Waals surface area contributed by atoms with Gasteiger partial charge in [0.05, 0.1) is 18.0 Å². The van der Waals surface area contributed by atoms with Crippen LogP contribution in [0, 0.1) is 13.8 Å². The molecule has 0 aliphatic carbocycles. The van der Waals surface area contributed by atoms with Gasteiger partial charge in [0.1, 0.15) is 23.7 Å². The minimum Gasteiger partial charge on any atom is -0.445 e. The maximum Gasteiger partial charge on any atom is 0.410 e. The number of amidine groups is 1. The van der Waals surface area contributed by atoms with Crippen LogP contribution in [0.3, 0.4) is 0 Å². The minimum atomic E-state index is -4.04. The Balaban J connectivity index is 1.20. The van der Waals surface area contributed by atoms with Gasteiger partial charge in [-0.15, -0.1) is 0 Å². The van der Waals surface area contributed by atoms with Crippen LogP contribution < -0.4 is 4.72 Å². The van der Waals surface area contributed by atoms with E-state index in [9.17, 15) is 18.0 Å². The number of aromatic nitrogens is 1. The Morgan fingerprint density at radius 1 is 0.941 bits per heavy atom. The number of anilines is 1. The average Bonchev–Trinajstić information content (AvgIpc) is 3.59. The van der Waals surface area contributed by atoms with Crippen LogP contribution in [-0.2, 0) is 44.1 Å². The summed E-state index contributed by atoms with van der Waals surface area (Å²) in [5, 5.41) is 3.88. The summed E-state index contributed by atoms with van der Waals surface area (Å²) in [6, 6.07) is 22.1. The van der Waals surface area contributed by atoms with Crippen molar-refractivity contribution in [3.05, 3.63) is 101 Å². The van der Waals surface area contributed by atoms with Gasteiger partial charge in [-0.2, -0.15) is 0 Å². The van der Waals surface area contributed by atoms with Gasteiger partial charge in [0.25, 0.3) is 15.9 Å². The molecule has 0 atom stereocenters. The summed E-state index contributed by atoms with van der Waals surface area (Å²) in [6.45, 7) is 9.26. The Morgan fingerprint density at radius 2 is 1.67 bits per heavy atom. The molecule has 1 N–H and O–H groups in total. The summed E-state index contributed by atoms with van der Waals surface area (Å²) in [5.41, 5.74) is 3.44. The maximum absolute atomic E-state index is 14.1. The minimum absolute atomic E-state index is 0.0759. The predicted octanol–water partition coefficient (Wildman–Crippen LogP) is 6.62. The van der Waals surface area contributed by atoms with Crippen LogP contribution in [0.5, 0.6) is 0 Å². The first-order valence-electron chi connectivity index (χ1n) is 17.2. The van der Waals surface area contributed by atoms with Crippen LogP contribution in [-0.4, -0.2) is 66.4 Å². The van der Waals surface area contributed by atoms with Crippen LogP contribution in [0.1, 0.15) is 61.1 Å². The Labute approximate surface area is 298 Å². The molecular weight excluding hydrogens is 671 g/mol. The number of amides is 2. The average molecular weight is 714 g/mol. The van der Waals surface area contributed by atoms with Crippen molar-refractivity contribution in [2.24, 2.45) is 4.99 Å². The quantitative estimate of drug-likeness (QED) is 0.173. The van der Waals surface area contributed by atoms with E-state index in [1.54, 1.807) is 47.9 Å². The van der Waals surface area contributed by atoms with Crippen molar-refractivity contribution >= 4 is 33.7 Å². The molecule has 3 aromatic carbocycles. The number of hydrogen-bond acceptors (Lipinski definition) is 9. The number of sulfonamides is 1. The van der Waals surface area contributed by atoms with Crippen molar-refractivity contribution < 1.29 is 32.0 Å². The first-order chi connectivity index (χ1) is 24.5. The molecule has 0 bridgehead atoms. The summed E-state index contributed by atoms with van der Waals surface area (Å²) < 4.78 is 46.5. The van der Waals surface area contributed by atoms with E-state index in [1.807, 2.05) is 62.4 Å². The second-order valence-electron chi connectivity index (χ2n) is 12.8. The summed E-state index contributed by atoms with van der Waals surface area (Å²) in [4.78, 5) is 35.3. The largest absolute Gasteiger partial charge is 0.445 e. The number of aryl methyl sites for hydroxylation is 1. The molecule has 0 radical (unpaired) electrons. The molecule has 6 rings (SSSR count). The number of aliphatic imine (C=N–C) groups is 1. The van der Waals surface area contributed by atoms with E-state index in [-0.39, 0.29) is 29.8 Å². The Kier molecular flexibility index (Phi) is 10.6. The van der Waals surface area contributed by atoms with Gasteiger partial charge in [-0.05, 0) is 61.9 Å². The maximum atomic E-state index is 14.1. The molecule has 268 valence electrons. The molecule has 12 nitrogen and oxygen atoms in total. The van der Waals surface area contributed by atoms with Crippen molar-refractivity contribution in [3.8, 4) is 11.1 Å². The fourth-order valence-corrected chi connectivity index (χ4v) is 7.77. The lowest BCUT2D eigenvalue weighted by molar-refractivity contribution is -0.133. The van der Waals surface area contributed by atoms with Crippen LogP contribution in [0.2, 0.25) is 0 Å². The van der Waals surface area contributed by atoms with Gasteiger partial charge in [0, 0.05) is 37.2 Å². The molecule has 1 spiro atoms. The topological polar surface area (TPSA) is 144 Å². The van der Waals surface area contributed by atoms with Crippen molar-refractivity contribution in [1.29, 1.82) is 0 Å². The van der Waals surface area contributed by atoms with E-state index >= 15 is 0 Å². The van der Waals surface area contributed by atoms with Gasteiger partial charge in [0.15, 0.2) is 5.82 Å². The highest BCUT2D eigenvalue weighted by molar-refractivity contribution is 7.92. The molecule has 0 saturated carbocycles. The molecule has 2 amide bonds. The van der Waals surface area contributed by atoms with Crippen LogP contribution in [0.4, 0.5) is 10.6 Å². The number of ether oxygens (including phenoxy) is 2. The van der Waals surface area contributed by atoms with E-state index in [0.717, 1.165) is 16.7 Å². The van der Waals surface area contributed by atoms with E-state index in [1.165, 1.54) is 0 Å². The van der Waals surface area contributed by atoms with Crippen molar-refractivity contribution in [2.75, 3.05) is 24.4 Å². The smallest absolute Gasteiger partial charge is 0.410 e. The van der Waals surface area contributed by atoms with Crippen LogP contribution in [0.25, 0.3) is 11.1 Å². The molecule has 1 saturated heterocycles. The second kappa shape index (κ2) is 15.1. The number of rotatable bonds is 12. The molecule has 2 aliphatic rings. The molecule has 1 fully saturated rings. The van der Waals surface area contributed by atoms with E-state index in [2.05, 4.69) is 9.88 Å². The number of carbonyl (C=O) groups excluding carboxylic acids is 2. The normalized spacial score (nSPS) is 15.7. The molecule has 1 aromatic heterocycles. The monoisotopic (exact) mass is 713 g/mol. The summed E-state index contributed by atoms with van der Waals surface area (Å²) in [6.07, 6.45) is 0.996. The SMILES string of the molecule is CCOCc1cc(CN2C(=O)C3(CCN(C(=O)OCc4ccccc4)CC3)N=C2CC)ccc1-c1ccccc1S(=O)(=O)Nc1noc(C)c1C. The van der Waals surface area contributed by atoms with E-state index in [4.69, 9.17) is 19.0 Å². The molecule has 0 unspecified atom stereocenters. The molecule has 13 heteroatoms. The van der Waals surface area contributed by atoms with Gasteiger partial charge in [0.2, 0.25) is 0 Å². The van der Waals surface area contributed by atoms with Gasteiger partial charge in [-0.1, -0.05) is 78.8 Å². The van der Waals surface area contributed by atoms with Gasteiger partial charge >= 0.3 is 6.09 Å². The summed E-state index contributed by atoms with van der Waals surface area (Å²) in [7, 11) is -4.04. The zero-order valence-corrected chi connectivity index (χ0v) is 30.2. The highest BCUT2D eigenvalue weighted by Gasteiger charge is 2.50. The first-order valence-corrected chi connectivity index (χ1v) is 18.6. The Hall–Kier alpha value is -5.01. The lowest BCUT2D eigenvalue weighted by atomic mass is 9.87. The zero-order chi connectivity index (χ0) is 36.2. The number of likely N-dealkylation sites (tertiary alicyclic amines) is 1. The first kappa shape index (κ1) is 35.8. The Bertz CT molecular complexity index is 2040. The second-order valence-corrected chi connectivity index (χ2v) is 14.4. The molecule has 2 aliphatic heterocycles. The molecule has 51 heavy (non-hydrogen) atoms. The lowest BCUT2D eigenvalue weighted by Gasteiger charge is -2.35. The lowest BCUT2D eigenvalue weighted by Crippen LogP contribution is -2.51.